The summed E-state index contributed by atoms with van der Waals surface area (Å²) in [5.41, 5.74) is 10.4. The van der Waals surface area contributed by atoms with Crippen molar-refractivity contribution in [1.82, 2.24) is 0 Å². The maximum Gasteiger partial charge on any atom is 0.0701 e. The first kappa shape index (κ1) is 9.76. The molecule has 2 heteroatoms. The zero-order valence-electron chi connectivity index (χ0n) is 10.3. The summed E-state index contributed by atoms with van der Waals surface area (Å²) in [5, 5.41) is 0. The molecular formula is C14H16N2. The Bertz CT molecular complexity index is 511. The molecule has 2 nitrogen and oxygen atoms in total. The first-order valence-electron chi connectivity index (χ1n) is 5.81. The molecule has 16 heavy (non-hydrogen) atoms. The molecule has 1 aromatic rings. The van der Waals surface area contributed by atoms with E-state index >= 15 is 0 Å². The monoisotopic (exact) mass is 212 g/mol. The standard InChI is InChI=1S/C14H16N2/c1-7-5-11-9(3)14-12(6-8(2)16-14)10(4)13(11)15-7/h5-6H2,1-4H3. The summed E-state index contributed by atoms with van der Waals surface area (Å²) < 4.78 is 0. The maximum absolute atomic E-state index is 4.68. The van der Waals surface area contributed by atoms with E-state index in [1.807, 2.05) is 0 Å². The van der Waals surface area contributed by atoms with Crippen molar-refractivity contribution in [2.45, 2.75) is 40.5 Å². The van der Waals surface area contributed by atoms with Gasteiger partial charge in [-0.2, -0.15) is 0 Å². The minimum absolute atomic E-state index is 1.00. The Labute approximate surface area is 96.1 Å². The molecule has 2 heterocycles. The first-order valence-corrected chi connectivity index (χ1v) is 5.81. The third-order valence-electron chi connectivity index (χ3n) is 3.66. The average molecular weight is 212 g/mol. The highest BCUT2D eigenvalue weighted by Crippen LogP contribution is 2.43. The van der Waals surface area contributed by atoms with Crippen molar-refractivity contribution in [3.63, 3.8) is 0 Å². The second-order valence-electron chi connectivity index (χ2n) is 4.95. The van der Waals surface area contributed by atoms with Gasteiger partial charge in [0.2, 0.25) is 0 Å². The number of fused-ring (bicyclic) bond motifs is 2. The van der Waals surface area contributed by atoms with Crippen molar-refractivity contribution < 1.29 is 0 Å². The zero-order valence-corrected chi connectivity index (χ0v) is 10.3. The normalized spacial score (nSPS) is 17.0. The number of nitrogens with zero attached hydrogens (tertiary/aromatic N) is 2. The quantitative estimate of drug-likeness (QED) is 0.627. The lowest BCUT2D eigenvalue weighted by atomic mass is 9.93. The number of hydrogen-bond donors (Lipinski definition) is 0. The van der Waals surface area contributed by atoms with Crippen LogP contribution in [0.2, 0.25) is 0 Å². The highest BCUT2D eigenvalue weighted by atomic mass is 14.8. The highest BCUT2D eigenvalue weighted by molar-refractivity contribution is 5.99. The Morgan fingerprint density at radius 2 is 1.06 bits per heavy atom. The Balaban J connectivity index is 2.32. The second-order valence-corrected chi connectivity index (χ2v) is 4.95. The van der Waals surface area contributed by atoms with E-state index in [1.165, 1.54) is 45.1 Å². The molecule has 0 amide bonds. The second kappa shape index (κ2) is 3.03. The van der Waals surface area contributed by atoms with Crippen LogP contribution in [0.15, 0.2) is 9.98 Å². The number of benzene rings is 1. The van der Waals surface area contributed by atoms with Crippen LogP contribution in [-0.4, -0.2) is 11.4 Å². The van der Waals surface area contributed by atoms with Crippen molar-refractivity contribution in [2.24, 2.45) is 9.98 Å². The first-order chi connectivity index (χ1) is 7.58. The molecule has 82 valence electrons. The molecule has 0 unspecified atom stereocenters. The molecule has 0 N–H and O–H groups in total. The minimum Gasteiger partial charge on any atom is -0.257 e. The van der Waals surface area contributed by atoms with Crippen molar-refractivity contribution in [3.05, 3.63) is 22.3 Å². The Morgan fingerprint density at radius 3 is 1.44 bits per heavy atom. The van der Waals surface area contributed by atoms with Crippen LogP contribution in [-0.2, 0) is 12.8 Å². The number of rotatable bonds is 0. The number of aliphatic imine (C=N–C) groups is 2. The van der Waals surface area contributed by atoms with Crippen LogP contribution in [0.5, 0.6) is 0 Å². The van der Waals surface area contributed by atoms with Gasteiger partial charge in [-0.15, -0.1) is 0 Å². The predicted molar refractivity (Wildman–Crippen MR) is 68.9 cm³/mol. The van der Waals surface area contributed by atoms with Crippen LogP contribution in [0.1, 0.15) is 36.1 Å². The SMILES string of the molecule is CC1=Nc2c(C)c3c(c(C)c2C1)N=C(C)C3. The van der Waals surface area contributed by atoms with E-state index in [2.05, 4.69) is 37.7 Å². The van der Waals surface area contributed by atoms with E-state index in [0.717, 1.165) is 12.8 Å². The van der Waals surface area contributed by atoms with Gasteiger partial charge in [-0.05, 0) is 49.9 Å². The lowest BCUT2D eigenvalue weighted by molar-refractivity contribution is 1.21. The molecule has 2 aliphatic heterocycles. The summed E-state index contributed by atoms with van der Waals surface area (Å²) in [5.74, 6) is 0. The fourth-order valence-electron chi connectivity index (χ4n) is 2.80. The van der Waals surface area contributed by atoms with Crippen LogP contribution in [0.25, 0.3) is 0 Å². The van der Waals surface area contributed by atoms with Crippen LogP contribution in [0.4, 0.5) is 11.4 Å². The van der Waals surface area contributed by atoms with Crippen molar-refractivity contribution in [1.29, 1.82) is 0 Å². The Hall–Kier alpha value is -1.44. The molecule has 0 spiro atoms. The lowest BCUT2D eigenvalue weighted by Crippen LogP contribution is -1.96. The largest absolute Gasteiger partial charge is 0.257 e. The average Bonchev–Trinajstić information content (AvgIpc) is 2.78. The molecule has 0 aliphatic carbocycles. The zero-order chi connectivity index (χ0) is 11.4. The van der Waals surface area contributed by atoms with Gasteiger partial charge in [0.1, 0.15) is 0 Å². The predicted octanol–water partition coefficient (Wildman–Crippen LogP) is 3.60. The smallest absolute Gasteiger partial charge is 0.0701 e. The summed E-state index contributed by atoms with van der Waals surface area (Å²) in [6, 6.07) is 0. The van der Waals surface area contributed by atoms with E-state index in [-0.39, 0.29) is 0 Å². The summed E-state index contributed by atoms with van der Waals surface area (Å²) in [4.78, 5) is 9.36. The van der Waals surface area contributed by atoms with E-state index in [4.69, 9.17) is 0 Å². The van der Waals surface area contributed by atoms with Gasteiger partial charge >= 0.3 is 0 Å². The molecule has 0 bridgehead atoms. The third kappa shape index (κ3) is 1.13. The lowest BCUT2D eigenvalue weighted by Gasteiger charge is -2.12. The summed E-state index contributed by atoms with van der Waals surface area (Å²) in [6.07, 6.45) is 2.01. The molecule has 0 radical (unpaired) electrons. The van der Waals surface area contributed by atoms with Crippen LogP contribution in [0, 0.1) is 13.8 Å². The van der Waals surface area contributed by atoms with Crippen molar-refractivity contribution in [2.75, 3.05) is 0 Å². The van der Waals surface area contributed by atoms with E-state index in [1.54, 1.807) is 0 Å². The molecule has 0 fully saturated rings. The van der Waals surface area contributed by atoms with Crippen molar-refractivity contribution in [3.8, 4) is 0 Å². The molecule has 2 aliphatic rings. The van der Waals surface area contributed by atoms with Gasteiger partial charge in [-0.1, -0.05) is 0 Å². The van der Waals surface area contributed by atoms with E-state index in [0.29, 0.717) is 0 Å². The van der Waals surface area contributed by atoms with Crippen LogP contribution in [0.3, 0.4) is 0 Å². The van der Waals surface area contributed by atoms with E-state index < -0.39 is 0 Å². The molecule has 0 saturated heterocycles. The van der Waals surface area contributed by atoms with Crippen molar-refractivity contribution >= 4 is 22.8 Å². The molecule has 1 aromatic carbocycles. The highest BCUT2D eigenvalue weighted by Gasteiger charge is 2.25. The van der Waals surface area contributed by atoms with Gasteiger partial charge in [0.15, 0.2) is 0 Å². The van der Waals surface area contributed by atoms with Crippen LogP contribution < -0.4 is 0 Å². The summed E-state index contributed by atoms with van der Waals surface area (Å²) in [7, 11) is 0. The summed E-state index contributed by atoms with van der Waals surface area (Å²) >= 11 is 0. The van der Waals surface area contributed by atoms with Gasteiger partial charge < -0.3 is 0 Å². The number of hydrogen-bond acceptors (Lipinski definition) is 2. The van der Waals surface area contributed by atoms with E-state index in [9.17, 15) is 0 Å². The molecule has 0 saturated carbocycles. The minimum atomic E-state index is 1.00. The Morgan fingerprint density at radius 1 is 0.688 bits per heavy atom. The molecule has 0 atom stereocenters. The summed E-state index contributed by atoms with van der Waals surface area (Å²) in [6.45, 7) is 8.59. The van der Waals surface area contributed by atoms with Gasteiger partial charge in [-0.25, -0.2) is 0 Å². The fraction of sp³-hybridized carbons (Fsp3) is 0.429. The topological polar surface area (TPSA) is 24.7 Å². The molecule has 3 rings (SSSR count). The Kier molecular flexibility index (Phi) is 1.85. The van der Waals surface area contributed by atoms with Gasteiger partial charge in [0.25, 0.3) is 0 Å². The van der Waals surface area contributed by atoms with Gasteiger partial charge in [0.05, 0.1) is 11.4 Å². The maximum atomic E-state index is 4.68. The molecular weight excluding hydrogens is 196 g/mol. The van der Waals surface area contributed by atoms with Crippen LogP contribution >= 0.6 is 0 Å². The van der Waals surface area contributed by atoms with Gasteiger partial charge in [0, 0.05) is 24.3 Å². The third-order valence-corrected chi connectivity index (χ3v) is 3.66. The molecule has 0 aromatic heterocycles. The van der Waals surface area contributed by atoms with Gasteiger partial charge in [-0.3, -0.25) is 9.98 Å². The fourth-order valence-corrected chi connectivity index (χ4v) is 2.80.